The van der Waals surface area contributed by atoms with Crippen LogP contribution in [0.4, 0.5) is 10.5 Å². The van der Waals surface area contributed by atoms with E-state index in [1.807, 2.05) is 87.2 Å². The maximum atomic E-state index is 13.7. The van der Waals surface area contributed by atoms with Crippen molar-refractivity contribution in [2.24, 2.45) is 0 Å². The zero-order valence-electron chi connectivity index (χ0n) is 25.0. The van der Waals surface area contributed by atoms with Crippen LogP contribution in [0, 0.1) is 6.92 Å². The summed E-state index contributed by atoms with van der Waals surface area (Å²) in [4.78, 5) is 34.6. The smallest absolute Gasteiger partial charge is 0.410 e. The monoisotopic (exact) mass is 574 g/mol. The first kappa shape index (κ1) is 29.6. The number of nitrogens with one attached hydrogen (secondary N) is 1. The van der Waals surface area contributed by atoms with Gasteiger partial charge in [-0.2, -0.15) is 0 Å². The average molecular weight is 575 g/mol. The van der Waals surface area contributed by atoms with Crippen molar-refractivity contribution in [2.75, 3.05) is 18.4 Å². The predicted molar refractivity (Wildman–Crippen MR) is 160 cm³/mol. The second-order valence-corrected chi connectivity index (χ2v) is 12.4. The van der Waals surface area contributed by atoms with E-state index in [0.29, 0.717) is 37.4 Å². The highest BCUT2D eigenvalue weighted by Crippen LogP contribution is 2.33. The number of nitrogens with zero attached hydrogens (tertiary/aromatic N) is 3. The van der Waals surface area contributed by atoms with E-state index in [4.69, 9.17) is 9.15 Å². The van der Waals surface area contributed by atoms with Gasteiger partial charge in [0.1, 0.15) is 17.9 Å². The van der Waals surface area contributed by atoms with Gasteiger partial charge in [-0.05, 0) is 83.6 Å². The Morgan fingerprint density at radius 2 is 1.81 bits per heavy atom. The standard InChI is InChI=1S/C33H42N4O5/c1-22-21-41-30(34-22)28-16-10-17-36(28)31(39)24-13-8-14-25(20-24)35-26(19-23-11-6-5-7-12-23)29(38)27-15-9-18-37(27)32(40)42-33(2,3)4/h5-8,11-14,20-21,26-29,35,38H,9-10,15-19H2,1-4H3/t26-,27?,28+,29-/m0/s1. The molecule has 2 aliphatic rings. The Balaban J connectivity index is 1.36. The van der Waals surface area contributed by atoms with Crippen LogP contribution >= 0.6 is 0 Å². The minimum Gasteiger partial charge on any atom is -0.446 e. The number of anilines is 1. The van der Waals surface area contributed by atoms with Gasteiger partial charge in [0, 0.05) is 24.3 Å². The first-order chi connectivity index (χ1) is 20.1. The fourth-order valence-corrected chi connectivity index (χ4v) is 6.00. The van der Waals surface area contributed by atoms with Gasteiger partial charge in [0.2, 0.25) is 5.89 Å². The number of aliphatic hydroxyl groups is 1. The van der Waals surface area contributed by atoms with Gasteiger partial charge < -0.3 is 29.4 Å². The summed E-state index contributed by atoms with van der Waals surface area (Å²) in [5, 5.41) is 15.3. The molecule has 3 heterocycles. The Kier molecular flexibility index (Phi) is 8.87. The van der Waals surface area contributed by atoms with E-state index >= 15 is 0 Å². The molecular formula is C33H42N4O5. The minimum atomic E-state index is -0.865. The number of aromatic nitrogens is 1. The van der Waals surface area contributed by atoms with Crippen LogP contribution in [0.15, 0.2) is 65.3 Å². The number of aliphatic hydroxyl groups excluding tert-OH is 1. The fraction of sp³-hybridized carbons (Fsp3) is 0.485. The number of carbonyl (C=O) groups excluding carboxylic acids is 2. The molecule has 0 spiro atoms. The molecule has 0 saturated carbocycles. The highest BCUT2D eigenvalue weighted by atomic mass is 16.6. The van der Waals surface area contributed by atoms with Crippen molar-refractivity contribution >= 4 is 17.7 Å². The zero-order chi connectivity index (χ0) is 29.9. The number of hydrogen-bond donors (Lipinski definition) is 2. The van der Waals surface area contributed by atoms with Gasteiger partial charge >= 0.3 is 6.09 Å². The first-order valence-electron chi connectivity index (χ1n) is 14.9. The molecule has 0 bridgehead atoms. The molecule has 1 unspecified atom stereocenters. The summed E-state index contributed by atoms with van der Waals surface area (Å²) >= 11 is 0. The van der Waals surface area contributed by atoms with Crippen LogP contribution in [0.5, 0.6) is 0 Å². The number of rotatable bonds is 8. The molecule has 3 aromatic rings. The Hall–Kier alpha value is -3.85. The summed E-state index contributed by atoms with van der Waals surface area (Å²) in [6.45, 7) is 8.59. The van der Waals surface area contributed by atoms with Crippen LogP contribution in [0.2, 0.25) is 0 Å². The van der Waals surface area contributed by atoms with Crippen molar-refractivity contribution in [3.63, 3.8) is 0 Å². The number of amides is 2. The van der Waals surface area contributed by atoms with Gasteiger partial charge in [-0.25, -0.2) is 9.78 Å². The fourth-order valence-electron chi connectivity index (χ4n) is 6.00. The van der Waals surface area contributed by atoms with Crippen LogP contribution in [-0.2, 0) is 11.2 Å². The van der Waals surface area contributed by atoms with Crippen LogP contribution in [0.1, 0.15) is 80.0 Å². The van der Waals surface area contributed by atoms with Crippen LogP contribution in [0.25, 0.3) is 0 Å². The molecule has 5 rings (SSSR count). The normalized spacial score (nSPS) is 20.4. The van der Waals surface area contributed by atoms with Crippen LogP contribution in [0.3, 0.4) is 0 Å². The third kappa shape index (κ3) is 6.95. The molecule has 2 fully saturated rings. The number of oxazole rings is 1. The van der Waals surface area contributed by atoms with E-state index in [-0.39, 0.29) is 18.0 Å². The molecule has 2 amide bonds. The van der Waals surface area contributed by atoms with E-state index in [9.17, 15) is 14.7 Å². The van der Waals surface area contributed by atoms with Gasteiger partial charge in [-0.3, -0.25) is 4.79 Å². The van der Waals surface area contributed by atoms with E-state index < -0.39 is 23.8 Å². The van der Waals surface area contributed by atoms with E-state index in [1.165, 1.54) is 0 Å². The molecule has 9 heteroatoms. The molecular weight excluding hydrogens is 532 g/mol. The maximum Gasteiger partial charge on any atom is 0.410 e. The van der Waals surface area contributed by atoms with Gasteiger partial charge in [0.15, 0.2) is 0 Å². The lowest BCUT2D eigenvalue weighted by molar-refractivity contribution is 0.00212. The summed E-state index contributed by atoms with van der Waals surface area (Å²) in [7, 11) is 0. The molecule has 9 nitrogen and oxygen atoms in total. The maximum absolute atomic E-state index is 13.7. The third-order valence-electron chi connectivity index (χ3n) is 7.93. The predicted octanol–water partition coefficient (Wildman–Crippen LogP) is 5.74. The van der Waals surface area contributed by atoms with Crippen molar-refractivity contribution in [1.29, 1.82) is 0 Å². The molecule has 2 aromatic carbocycles. The first-order valence-corrected chi connectivity index (χ1v) is 14.9. The van der Waals surface area contributed by atoms with Crippen molar-refractivity contribution in [3.05, 3.63) is 83.6 Å². The largest absolute Gasteiger partial charge is 0.446 e. The SMILES string of the molecule is Cc1coc([C@H]2CCCN2C(=O)c2cccc(N[C@@H](Cc3ccccc3)[C@H](O)C3CCCN3C(=O)OC(C)(C)C)c2)n1. The molecule has 0 radical (unpaired) electrons. The Labute approximate surface area is 247 Å². The second kappa shape index (κ2) is 12.6. The summed E-state index contributed by atoms with van der Waals surface area (Å²) in [5.74, 6) is 0.494. The van der Waals surface area contributed by atoms with Gasteiger partial charge in [-0.1, -0.05) is 36.4 Å². The Morgan fingerprint density at radius 3 is 2.52 bits per heavy atom. The van der Waals surface area contributed by atoms with E-state index in [1.54, 1.807) is 11.2 Å². The minimum absolute atomic E-state index is 0.0796. The lowest BCUT2D eigenvalue weighted by atomic mass is 9.94. The molecule has 2 aliphatic heterocycles. The quantitative estimate of drug-likeness (QED) is 0.353. The van der Waals surface area contributed by atoms with Crippen molar-refractivity contribution in [2.45, 2.75) is 89.6 Å². The molecule has 224 valence electrons. The van der Waals surface area contributed by atoms with E-state index in [2.05, 4.69) is 10.3 Å². The average Bonchev–Trinajstić information content (AvgIpc) is 3.72. The third-order valence-corrected chi connectivity index (χ3v) is 7.93. The number of carbonyl (C=O) groups is 2. The lowest BCUT2D eigenvalue weighted by Gasteiger charge is -2.35. The zero-order valence-corrected chi connectivity index (χ0v) is 25.0. The van der Waals surface area contributed by atoms with Crippen molar-refractivity contribution < 1.29 is 23.8 Å². The lowest BCUT2D eigenvalue weighted by Crippen LogP contribution is -2.51. The highest BCUT2D eigenvalue weighted by molar-refractivity contribution is 5.95. The van der Waals surface area contributed by atoms with Crippen molar-refractivity contribution in [1.82, 2.24) is 14.8 Å². The summed E-state index contributed by atoms with van der Waals surface area (Å²) in [6, 6.07) is 16.4. The molecule has 4 atom stereocenters. The Morgan fingerprint density at radius 1 is 1.07 bits per heavy atom. The number of ether oxygens (including phenoxy) is 1. The topological polar surface area (TPSA) is 108 Å². The molecule has 42 heavy (non-hydrogen) atoms. The van der Waals surface area contributed by atoms with Crippen molar-refractivity contribution in [3.8, 4) is 0 Å². The second-order valence-electron chi connectivity index (χ2n) is 12.4. The Bertz CT molecular complexity index is 1370. The van der Waals surface area contributed by atoms with Gasteiger partial charge in [0.05, 0.1) is 23.9 Å². The number of aryl methyl sites for hydroxylation is 1. The number of benzene rings is 2. The number of likely N-dealkylation sites (tertiary alicyclic amines) is 2. The summed E-state index contributed by atoms with van der Waals surface area (Å²) < 4.78 is 11.3. The van der Waals surface area contributed by atoms with Gasteiger partial charge in [-0.15, -0.1) is 0 Å². The summed E-state index contributed by atoms with van der Waals surface area (Å²) in [6.07, 6.45) is 4.06. The molecule has 1 aromatic heterocycles. The number of hydrogen-bond acceptors (Lipinski definition) is 7. The highest BCUT2D eigenvalue weighted by Gasteiger charge is 2.40. The molecule has 2 saturated heterocycles. The molecule has 0 aliphatic carbocycles. The van der Waals surface area contributed by atoms with Crippen LogP contribution < -0.4 is 5.32 Å². The van der Waals surface area contributed by atoms with Gasteiger partial charge in [0.25, 0.3) is 5.91 Å². The van der Waals surface area contributed by atoms with Crippen LogP contribution in [-0.4, -0.2) is 68.8 Å². The van der Waals surface area contributed by atoms with E-state index in [0.717, 1.165) is 36.2 Å². The summed E-state index contributed by atoms with van der Waals surface area (Å²) in [5.41, 5.74) is 2.52. The molecule has 2 N–H and O–H groups in total.